The van der Waals surface area contributed by atoms with Crippen molar-refractivity contribution in [3.8, 4) is 11.5 Å². The lowest BCUT2D eigenvalue weighted by molar-refractivity contribution is -0.121. The van der Waals surface area contributed by atoms with Gasteiger partial charge >= 0.3 is 0 Å². The van der Waals surface area contributed by atoms with Crippen molar-refractivity contribution in [1.29, 1.82) is 0 Å². The highest BCUT2D eigenvalue weighted by Gasteiger charge is 2.41. The van der Waals surface area contributed by atoms with Crippen LogP contribution in [0.1, 0.15) is 6.42 Å². The van der Waals surface area contributed by atoms with Crippen LogP contribution in [0.25, 0.3) is 0 Å². The monoisotopic (exact) mass is 394 g/mol. The highest BCUT2D eigenvalue weighted by atomic mass is 35.5. The Morgan fingerprint density at radius 3 is 2.50 bits per heavy atom. The second-order valence-corrected chi connectivity index (χ2v) is 6.47. The fraction of sp³-hybridized carbons (Fsp3) is 0.222. The van der Waals surface area contributed by atoms with Crippen LogP contribution >= 0.6 is 23.2 Å². The van der Waals surface area contributed by atoms with Gasteiger partial charge in [0.15, 0.2) is 0 Å². The lowest BCUT2D eigenvalue weighted by Gasteiger charge is -2.19. The first kappa shape index (κ1) is 18.4. The molecule has 0 unspecified atom stereocenters. The third-order valence-corrected chi connectivity index (χ3v) is 4.58. The maximum Gasteiger partial charge on any atom is 0.256 e. The normalized spacial score (nSPS) is 16.8. The van der Waals surface area contributed by atoms with Gasteiger partial charge in [0.25, 0.3) is 5.91 Å². The molecule has 1 saturated heterocycles. The van der Waals surface area contributed by atoms with Gasteiger partial charge in [-0.3, -0.25) is 9.59 Å². The Bertz CT molecular complexity index is 872. The quantitative estimate of drug-likeness (QED) is 0.781. The van der Waals surface area contributed by atoms with E-state index in [0.29, 0.717) is 32.9 Å². The number of nitrogens with zero attached hydrogens (tertiary/aromatic N) is 1. The Hall–Kier alpha value is -2.44. The number of methoxy groups -OCH3 is 2. The van der Waals surface area contributed by atoms with Crippen molar-refractivity contribution in [3.05, 3.63) is 46.4 Å². The number of nitrogens with one attached hydrogen (secondary N) is 1. The molecule has 0 aromatic heterocycles. The van der Waals surface area contributed by atoms with E-state index in [1.165, 1.54) is 14.2 Å². The molecule has 0 radical (unpaired) electrons. The molecule has 1 aliphatic rings. The van der Waals surface area contributed by atoms with E-state index in [9.17, 15) is 9.59 Å². The van der Waals surface area contributed by atoms with Crippen LogP contribution < -0.4 is 19.7 Å². The van der Waals surface area contributed by atoms with E-state index in [2.05, 4.69) is 5.32 Å². The number of halogens is 2. The molecule has 8 heteroatoms. The molecule has 1 N–H and O–H groups in total. The topological polar surface area (TPSA) is 67.9 Å². The summed E-state index contributed by atoms with van der Waals surface area (Å²) in [6.45, 7) is 0. The zero-order chi connectivity index (χ0) is 18.8. The average molecular weight is 395 g/mol. The summed E-state index contributed by atoms with van der Waals surface area (Å²) < 4.78 is 10.4. The largest absolute Gasteiger partial charge is 0.497 e. The van der Waals surface area contributed by atoms with Gasteiger partial charge in [-0.25, -0.2) is 4.90 Å². The lowest BCUT2D eigenvalue weighted by Crippen LogP contribution is -2.35. The smallest absolute Gasteiger partial charge is 0.256 e. The van der Waals surface area contributed by atoms with Crippen LogP contribution in [-0.2, 0) is 9.59 Å². The van der Waals surface area contributed by atoms with Gasteiger partial charge in [-0.15, -0.1) is 0 Å². The highest BCUT2D eigenvalue weighted by Crippen LogP contribution is 2.36. The summed E-state index contributed by atoms with van der Waals surface area (Å²) in [5.74, 6) is 0.217. The second kappa shape index (κ2) is 7.43. The summed E-state index contributed by atoms with van der Waals surface area (Å²) in [6, 6.07) is 9.05. The molecule has 26 heavy (non-hydrogen) atoms. The SMILES string of the molecule is COc1ccc(N2C(=O)C[C@H](Nc3ccc(Cl)cc3Cl)C2=O)c(OC)c1. The molecule has 2 amide bonds. The van der Waals surface area contributed by atoms with E-state index in [1.807, 2.05) is 0 Å². The number of anilines is 2. The number of rotatable bonds is 5. The number of hydrogen-bond acceptors (Lipinski definition) is 5. The molecule has 1 atom stereocenters. The Morgan fingerprint density at radius 1 is 1.08 bits per heavy atom. The van der Waals surface area contributed by atoms with Crippen LogP contribution in [0.3, 0.4) is 0 Å². The van der Waals surface area contributed by atoms with Crippen LogP contribution in [0.4, 0.5) is 11.4 Å². The van der Waals surface area contributed by atoms with E-state index < -0.39 is 6.04 Å². The van der Waals surface area contributed by atoms with Gasteiger partial charge in [0, 0.05) is 11.1 Å². The zero-order valence-electron chi connectivity index (χ0n) is 14.1. The summed E-state index contributed by atoms with van der Waals surface area (Å²) in [6.07, 6.45) is 0.00692. The molecule has 0 saturated carbocycles. The van der Waals surface area contributed by atoms with Crippen molar-refractivity contribution >= 4 is 46.4 Å². The Labute approximate surface area is 160 Å². The fourth-order valence-electron chi connectivity index (χ4n) is 2.76. The van der Waals surface area contributed by atoms with Crippen LogP contribution in [0.2, 0.25) is 10.0 Å². The van der Waals surface area contributed by atoms with E-state index in [4.69, 9.17) is 32.7 Å². The predicted molar refractivity (Wildman–Crippen MR) is 101 cm³/mol. The molecule has 0 bridgehead atoms. The maximum atomic E-state index is 12.8. The lowest BCUT2D eigenvalue weighted by atomic mass is 10.2. The first-order valence-electron chi connectivity index (χ1n) is 7.75. The summed E-state index contributed by atoms with van der Waals surface area (Å²) in [5.41, 5.74) is 0.903. The van der Waals surface area contributed by atoms with Crippen LogP contribution in [0, 0.1) is 0 Å². The molecular formula is C18H16Cl2N2O4. The van der Waals surface area contributed by atoms with Gasteiger partial charge in [0.2, 0.25) is 5.91 Å². The standard InChI is InChI=1S/C18H16Cl2N2O4/c1-25-11-4-6-15(16(8-11)26-2)22-17(23)9-14(18(22)24)21-13-5-3-10(19)7-12(13)20/h3-8,14,21H,9H2,1-2H3/t14-/m0/s1. The number of carbonyl (C=O) groups excluding carboxylic acids is 2. The first-order chi connectivity index (χ1) is 12.4. The number of amides is 2. The van der Waals surface area contributed by atoms with Crippen molar-refractivity contribution in [2.75, 3.05) is 24.4 Å². The minimum Gasteiger partial charge on any atom is -0.497 e. The van der Waals surface area contributed by atoms with Crippen molar-refractivity contribution in [1.82, 2.24) is 0 Å². The fourth-order valence-corrected chi connectivity index (χ4v) is 3.22. The summed E-state index contributed by atoms with van der Waals surface area (Å²) in [5, 5.41) is 3.87. The molecule has 1 heterocycles. The first-order valence-corrected chi connectivity index (χ1v) is 8.50. The summed E-state index contributed by atoms with van der Waals surface area (Å²) >= 11 is 12.0. The Kier molecular flexibility index (Phi) is 5.25. The third kappa shape index (κ3) is 3.43. The maximum absolute atomic E-state index is 12.8. The van der Waals surface area contributed by atoms with E-state index in [-0.39, 0.29) is 18.2 Å². The minimum atomic E-state index is -0.729. The molecule has 1 aliphatic heterocycles. The molecule has 2 aromatic carbocycles. The van der Waals surface area contributed by atoms with Crippen LogP contribution in [-0.4, -0.2) is 32.1 Å². The number of imide groups is 1. The molecule has 0 spiro atoms. The number of carbonyl (C=O) groups is 2. The number of benzene rings is 2. The van der Waals surface area contributed by atoms with Crippen molar-refractivity contribution < 1.29 is 19.1 Å². The van der Waals surface area contributed by atoms with Crippen molar-refractivity contribution in [3.63, 3.8) is 0 Å². The number of hydrogen-bond donors (Lipinski definition) is 1. The molecule has 3 rings (SSSR count). The molecule has 6 nitrogen and oxygen atoms in total. The molecule has 2 aromatic rings. The summed E-state index contributed by atoms with van der Waals surface area (Å²) in [7, 11) is 2.99. The average Bonchev–Trinajstić information content (AvgIpc) is 2.90. The Morgan fingerprint density at radius 2 is 1.85 bits per heavy atom. The molecular weight excluding hydrogens is 379 g/mol. The van der Waals surface area contributed by atoms with Crippen LogP contribution in [0.5, 0.6) is 11.5 Å². The molecule has 1 fully saturated rings. The van der Waals surface area contributed by atoms with Gasteiger partial charge in [-0.2, -0.15) is 0 Å². The molecule has 136 valence electrons. The van der Waals surface area contributed by atoms with Crippen molar-refractivity contribution in [2.45, 2.75) is 12.5 Å². The highest BCUT2D eigenvalue weighted by molar-refractivity contribution is 6.36. The van der Waals surface area contributed by atoms with E-state index in [0.717, 1.165) is 4.90 Å². The zero-order valence-corrected chi connectivity index (χ0v) is 15.6. The van der Waals surface area contributed by atoms with Gasteiger partial charge < -0.3 is 14.8 Å². The minimum absolute atomic E-state index is 0.00692. The number of ether oxygens (including phenoxy) is 2. The second-order valence-electron chi connectivity index (χ2n) is 5.63. The van der Waals surface area contributed by atoms with Crippen LogP contribution in [0.15, 0.2) is 36.4 Å². The van der Waals surface area contributed by atoms with Gasteiger partial charge in [0.1, 0.15) is 17.5 Å². The van der Waals surface area contributed by atoms with Gasteiger partial charge in [-0.1, -0.05) is 23.2 Å². The van der Waals surface area contributed by atoms with E-state index >= 15 is 0 Å². The van der Waals surface area contributed by atoms with Crippen molar-refractivity contribution in [2.24, 2.45) is 0 Å². The van der Waals surface area contributed by atoms with Gasteiger partial charge in [-0.05, 0) is 30.3 Å². The summed E-state index contributed by atoms with van der Waals surface area (Å²) in [4.78, 5) is 26.4. The van der Waals surface area contributed by atoms with Gasteiger partial charge in [0.05, 0.1) is 37.0 Å². The third-order valence-electron chi connectivity index (χ3n) is 4.04. The molecule has 0 aliphatic carbocycles. The Balaban J connectivity index is 1.87. The van der Waals surface area contributed by atoms with E-state index in [1.54, 1.807) is 36.4 Å². The predicted octanol–water partition coefficient (Wildman–Crippen LogP) is 3.75.